The number of nitro benzene ring substituents is 1. The molecule has 2 aromatic carbocycles. The molecule has 0 spiro atoms. The van der Waals surface area contributed by atoms with Gasteiger partial charge in [-0.15, -0.1) is 0 Å². The van der Waals surface area contributed by atoms with E-state index in [1.165, 1.54) is 18.2 Å². The van der Waals surface area contributed by atoms with Crippen molar-refractivity contribution in [1.82, 2.24) is 0 Å². The van der Waals surface area contributed by atoms with Crippen molar-refractivity contribution in [3.05, 3.63) is 64.2 Å². The van der Waals surface area contributed by atoms with Gasteiger partial charge in [-0.05, 0) is 51.1 Å². The molecule has 0 atom stereocenters. The van der Waals surface area contributed by atoms with Crippen LogP contribution in [0.25, 0.3) is 0 Å². The lowest BCUT2D eigenvalue weighted by molar-refractivity contribution is -0.385. The summed E-state index contributed by atoms with van der Waals surface area (Å²) in [5, 5.41) is 16.2. The first-order chi connectivity index (χ1) is 12.2. The lowest BCUT2D eigenvalue weighted by atomic mass is 10.1. The number of amides is 2. The largest absolute Gasteiger partial charge is 0.444 e. The molecule has 136 valence electrons. The van der Waals surface area contributed by atoms with Gasteiger partial charge in [0.05, 0.1) is 4.92 Å². The molecular formula is C18H19N3O5. The minimum Gasteiger partial charge on any atom is -0.444 e. The van der Waals surface area contributed by atoms with Gasteiger partial charge >= 0.3 is 6.09 Å². The van der Waals surface area contributed by atoms with Crippen molar-refractivity contribution in [2.45, 2.75) is 26.4 Å². The first-order valence-electron chi connectivity index (χ1n) is 7.80. The fourth-order valence-corrected chi connectivity index (χ4v) is 2.08. The number of benzene rings is 2. The number of carbonyl (C=O) groups is 2. The number of para-hydroxylation sites is 1. The molecule has 0 radical (unpaired) electrons. The highest BCUT2D eigenvalue weighted by Crippen LogP contribution is 2.20. The number of hydrogen-bond donors (Lipinski definition) is 2. The van der Waals surface area contributed by atoms with Crippen molar-refractivity contribution in [2.24, 2.45) is 0 Å². The summed E-state index contributed by atoms with van der Waals surface area (Å²) in [6.45, 7) is 5.27. The van der Waals surface area contributed by atoms with Gasteiger partial charge in [0.1, 0.15) is 11.2 Å². The van der Waals surface area contributed by atoms with Crippen LogP contribution in [0, 0.1) is 10.1 Å². The summed E-state index contributed by atoms with van der Waals surface area (Å²) < 4.78 is 5.15. The molecule has 0 aliphatic carbocycles. The van der Waals surface area contributed by atoms with Gasteiger partial charge in [-0.25, -0.2) is 4.79 Å². The van der Waals surface area contributed by atoms with Crippen LogP contribution in [0.2, 0.25) is 0 Å². The molecule has 8 nitrogen and oxygen atoms in total. The number of ether oxygens (including phenoxy) is 1. The Balaban J connectivity index is 2.04. The maximum absolute atomic E-state index is 12.3. The van der Waals surface area contributed by atoms with E-state index in [9.17, 15) is 19.7 Å². The summed E-state index contributed by atoms with van der Waals surface area (Å²) in [6, 6.07) is 12.0. The SMILES string of the molecule is CC(C)(C)OC(=O)Nc1ccc(NC(=O)c2ccccc2[N+](=O)[O-])cc1. The molecule has 0 saturated heterocycles. The Morgan fingerprint density at radius 2 is 1.50 bits per heavy atom. The predicted molar refractivity (Wildman–Crippen MR) is 97.3 cm³/mol. The van der Waals surface area contributed by atoms with Crippen molar-refractivity contribution in [3.8, 4) is 0 Å². The highest BCUT2D eigenvalue weighted by Gasteiger charge is 2.19. The maximum Gasteiger partial charge on any atom is 0.412 e. The zero-order chi connectivity index (χ0) is 19.3. The molecule has 0 bridgehead atoms. The van der Waals surface area contributed by atoms with Crippen LogP contribution in [-0.4, -0.2) is 22.5 Å². The quantitative estimate of drug-likeness (QED) is 0.629. The summed E-state index contributed by atoms with van der Waals surface area (Å²) in [5.74, 6) is -0.592. The lowest BCUT2D eigenvalue weighted by Gasteiger charge is -2.19. The third-order valence-electron chi connectivity index (χ3n) is 3.13. The zero-order valence-electron chi connectivity index (χ0n) is 14.6. The number of anilines is 2. The molecule has 2 amide bonds. The molecule has 0 aromatic heterocycles. The number of nitro groups is 1. The van der Waals surface area contributed by atoms with E-state index in [-0.39, 0.29) is 11.3 Å². The van der Waals surface area contributed by atoms with Crippen molar-refractivity contribution >= 4 is 29.1 Å². The van der Waals surface area contributed by atoms with Gasteiger partial charge < -0.3 is 10.1 Å². The molecule has 0 unspecified atom stereocenters. The third kappa shape index (κ3) is 5.30. The molecule has 26 heavy (non-hydrogen) atoms. The number of hydrogen-bond acceptors (Lipinski definition) is 5. The first-order valence-corrected chi connectivity index (χ1v) is 7.80. The van der Waals surface area contributed by atoms with E-state index < -0.39 is 22.5 Å². The van der Waals surface area contributed by atoms with Crippen LogP contribution >= 0.6 is 0 Å². The zero-order valence-corrected chi connectivity index (χ0v) is 14.6. The van der Waals surface area contributed by atoms with Crippen molar-refractivity contribution in [3.63, 3.8) is 0 Å². The van der Waals surface area contributed by atoms with Crippen LogP contribution in [0.3, 0.4) is 0 Å². The molecule has 8 heteroatoms. The van der Waals surface area contributed by atoms with E-state index in [0.717, 1.165) is 0 Å². The summed E-state index contributed by atoms with van der Waals surface area (Å²) in [7, 11) is 0. The van der Waals surface area contributed by atoms with Gasteiger partial charge in [-0.3, -0.25) is 20.2 Å². The molecule has 0 aliphatic rings. The predicted octanol–water partition coefficient (Wildman–Crippen LogP) is 4.19. The van der Waals surface area contributed by atoms with Crippen molar-refractivity contribution < 1.29 is 19.2 Å². The van der Waals surface area contributed by atoms with Gasteiger partial charge in [0, 0.05) is 17.4 Å². The Bertz CT molecular complexity index is 825. The van der Waals surface area contributed by atoms with Gasteiger partial charge in [-0.2, -0.15) is 0 Å². The van der Waals surface area contributed by atoms with E-state index in [1.807, 2.05) is 0 Å². The van der Waals surface area contributed by atoms with Crippen LogP contribution in [0.15, 0.2) is 48.5 Å². The van der Waals surface area contributed by atoms with Crippen LogP contribution in [0.4, 0.5) is 21.9 Å². The van der Waals surface area contributed by atoms with E-state index in [4.69, 9.17) is 4.74 Å². The minimum atomic E-state index is -0.609. The second kappa shape index (κ2) is 7.64. The standard InChI is InChI=1S/C18H19N3O5/c1-18(2,3)26-17(23)20-13-10-8-12(9-11-13)19-16(22)14-6-4-5-7-15(14)21(24)25/h4-11H,1-3H3,(H,19,22)(H,20,23). The summed E-state index contributed by atoms with van der Waals surface area (Å²) in [5.41, 5.74) is 0.00932. The van der Waals surface area contributed by atoms with Gasteiger partial charge in [0.25, 0.3) is 11.6 Å². The van der Waals surface area contributed by atoms with E-state index >= 15 is 0 Å². The van der Waals surface area contributed by atoms with E-state index in [1.54, 1.807) is 51.1 Å². The second-order valence-corrected chi connectivity index (χ2v) is 6.43. The fourth-order valence-electron chi connectivity index (χ4n) is 2.08. The Morgan fingerprint density at radius 1 is 0.962 bits per heavy atom. The Labute approximate surface area is 150 Å². The van der Waals surface area contributed by atoms with Crippen LogP contribution < -0.4 is 10.6 Å². The summed E-state index contributed by atoms with van der Waals surface area (Å²) in [6.07, 6.45) is -0.589. The van der Waals surface area contributed by atoms with Gasteiger partial charge in [0.2, 0.25) is 0 Å². The Kier molecular flexibility index (Phi) is 5.56. The van der Waals surface area contributed by atoms with Crippen molar-refractivity contribution in [1.29, 1.82) is 0 Å². The monoisotopic (exact) mass is 357 g/mol. The molecular weight excluding hydrogens is 338 g/mol. The van der Waals surface area contributed by atoms with Crippen molar-refractivity contribution in [2.75, 3.05) is 10.6 Å². The summed E-state index contributed by atoms with van der Waals surface area (Å²) in [4.78, 5) is 34.4. The Morgan fingerprint density at radius 3 is 2.04 bits per heavy atom. The number of nitrogens with one attached hydrogen (secondary N) is 2. The highest BCUT2D eigenvalue weighted by atomic mass is 16.6. The van der Waals surface area contributed by atoms with Gasteiger partial charge in [-0.1, -0.05) is 12.1 Å². The smallest absolute Gasteiger partial charge is 0.412 e. The highest BCUT2D eigenvalue weighted by molar-refractivity contribution is 6.07. The number of rotatable bonds is 4. The van der Waals surface area contributed by atoms with Crippen LogP contribution in [0.1, 0.15) is 31.1 Å². The average Bonchev–Trinajstić information content (AvgIpc) is 2.54. The summed E-state index contributed by atoms with van der Waals surface area (Å²) >= 11 is 0. The minimum absolute atomic E-state index is 0.0338. The van der Waals surface area contributed by atoms with Crippen LogP contribution in [-0.2, 0) is 4.74 Å². The van der Waals surface area contributed by atoms with Crippen LogP contribution in [0.5, 0.6) is 0 Å². The second-order valence-electron chi connectivity index (χ2n) is 6.43. The molecule has 0 saturated carbocycles. The first kappa shape index (κ1) is 18.9. The van der Waals surface area contributed by atoms with Gasteiger partial charge in [0.15, 0.2) is 0 Å². The average molecular weight is 357 g/mol. The molecule has 2 aromatic rings. The van der Waals surface area contributed by atoms with E-state index in [0.29, 0.717) is 11.4 Å². The number of nitrogens with zero attached hydrogens (tertiary/aromatic N) is 1. The molecule has 2 rings (SSSR count). The topological polar surface area (TPSA) is 111 Å². The molecule has 0 aliphatic heterocycles. The third-order valence-corrected chi connectivity index (χ3v) is 3.13. The fraction of sp³-hybridized carbons (Fsp3) is 0.222. The normalized spacial score (nSPS) is 10.7. The maximum atomic E-state index is 12.3. The Hall–Kier alpha value is -3.42. The lowest BCUT2D eigenvalue weighted by Crippen LogP contribution is -2.27. The number of carbonyl (C=O) groups excluding carboxylic acids is 2. The molecule has 0 heterocycles. The molecule has 0 fully saturated rings. The molecule has 2 N–H and O–H groups in total. The van der Waals surface area contributed by atoms with E-state index in [2.05, 4.69) is 10.6 Å².